The van der Waals surface area contributed by atoms with Crippen molar-refractivity contribution in [2.45, 2.75) is 39.5 Å². The van der Waals surface area contributed by atoms with Gasteiger partial charge in [0.1, 0.15) is 5.75 Å². The van der Waals surface area contributed by atoms with Crippen molar-refractivity contribution in [1.29, 1.82) is 0 Å². The van der Waals surface area contributed by atoms with Crippen LogP contribution in [-0.2, 0) is 4.79 Å². The Balaban J connectivity index is 1.80. The van der Waals surface area contributed by atoms with Crippen molar-refractivity contribution in [1.82, 2.24) is 10.2 Å². The Bertz CT molecular complexity index is 1380. The van der Waals surface area contributed by atoms with Crippen LogP contribution in [-0.4, -0.2) is 27.9 Å². The maximum absolute atomic E-state index is 10.9. The lowest BCUT2D eigenvalue weighted by atomic mass is 9.87. The lowest BCUT2D eigenvalue weighted by Gasteiger charge is -2.17. The van der Waals surface area contributed by atoms with Gasteiger partial charge in [-0.05, 0) is 76.6 Å². The summed E-state index contributed by atoms with van der Waals surface area (Å²) in [6, 6.07) is 22.7. The van der Waals surface area contributed by atoms with Crippen molar-refractivity contribution >= 4 is 34.1 Å². The highest BCUT2D eigenvalue weighted by molar-refractivity contribution is 6.00. The maximum Gasteiger partial charge on any atom is 0.328 e. The molecular formula is C31H32N2O3. The van der Waals surface area contributed by atoms with Crippen LogP contribution in [0.1, 0.15) is 61.8 Å². The van der Waals surface area contributed by atoms with Crippen molar-refractivity contribution in [3.63, 3.8) is 0 Å². The number of nitrogens with zero attached hydrogens (tertiary/aromatic N) is 1. The number of benzene rings is 3. The first-order chi connectivity index (χ1) is 17.6. The number of hydrogen-bond acceptors (Lipinski definition) is 3. The van der Waals surface area contributed by atoms with E-state index in [4.69, 9.17) is 9.84 Å². The van der Waals surface area contributed by atoms with Crippen LogP contribution in [0.15, 0.2) is 79.0 Å². The molecule has 36 heavy (non-hydrogen) atoms. The second-order valence-electron chi connectivity index (χ2n) is 8.76. The monoisotopic (exact) mass is 480 g/mol. The molecule has 0 atom stereocenters. The van der Waals surface area contributed by atoms with Crippen molar-refractivity contribution < 1.29 is 14.6 Å². The van der Waals surface area contributed by atoms with Gasteiger partial charge in [-0.15, -0.1) is 0 Å². The van der Waals surface area contributed by atoms with E-state index in [-0.39, 0.29) is 0 Å². The molecule has 0 unspecified atom stereocenters. The van der Waals surface area contributed by atoms with Gasteiger partial charge in [0, 0.05) is 11.5 Å². The number of hydrogen-bond donors (Lipinski definition) is 2. The molecule has 4 aromatic rings. The number of aromatic amines is 1. The minimum absolute atomic E-state index is 0.720. The highest BCUT2D eigenvalue weighted by Crippen LogP contribution is 2.36. The van der Waals surface area contributed by atoms with Gasteiger partial charge < -0.3 is 9.84 Å². The molecule has 0 aliphatic heterocycles. The number of allylic oxidation sites excluding steroid dienone is 1. The van der Waals surface area contributed by atoms with Crippen LogP contribution in [0.4, 0.5) is 0 Å². The highest BCUT2D eigenvalue weighted by Gasteiger charge is 2.15. The summed E-state index contributed by atoms with van der Waals surface area (Å²) in [5.74, 6) is -0.0773. The number of H-pyrrole nitrogens is 1. The van der Waals surface area contributed by atoms with Gasteiger partial charge in [-0.1, -0.05) is 69.2 Å². The first-order valence-electron chi connectivity index (χ1n) is 12.5. The zero-order valence-electron chi connectivity index (χ0n) is 20.8. The summed E-state index contributed by atoms with van der Waals surface area (Å²) >= 11 is 0. The average molecular weight is 481 g/mol. The van der Waals surface area contributed by atoms with E-state index in [1.54, 1.807) is 6.08 Å². The van der Waals surface area contributed by atoms with E-state index in [2.05, 4.69) is 72.6 Å². The van der Waals surface area contributed by atoms with Gasteiger partial charge >= 0.3 is 5.97 Å². The maximum atomic E-state index is 10.9. The van der Waals surface area contributed by atoms with Gasteiger partial charge in [0.05, 0.1) is 18.3 Å². The van der Waals surface area contributed by atoms with E-state index in [1.165, 1.54) is 12.0 Å². The number of aliphatic carboxylic acids is 1. The third-order valence-corrected chi connectivity index (χ3v) is 6.20. The quantitative estimate of drug-likeness (QED) is 0.132. The van der Waals surface area contributed by atoms with Crippen LogP contribution in [0, 0.1) is 0 Å². The van der Waals surface area contributed by atoms with Crippen LogP contribution in [0.25, 0.3) is 28.1 Å². The number of rotatable bonds is 11. The van der Waals surface area contributed by atoms with Crippen molar-refractivity contribution in [2.75, 3.05) is 6.61 Å². The SMILES string of the molecule is CCCCCOc1cccc(/C(CC)=C(\c2ccc(/C=C/C(=O)O)cc2)c2ccc3[nH]ncc3c2)c1. The van der Waals surface area contributed by atoms with Crippen molar-refractivity contribution in [3.05, 3.63) is 101 Å². The molecule has 0 fully saturated rings. The Morgan fingerprint density at radius 1 is 0.972 bits per heavy atom. The summed E-state index contributed by atoms with van der Waals surface area (Å²) in [5, 5.41) is 17.2. The Kier molecular flexibility index (Phi) is 8.35. The van der Waals surface area contributed by atoms with Crippen LogP contribution < -0.4 is 4.74 Å². The Morgan fingerprint density at radius 2 is 1.78 bits per heavy atom. The zero-order valence-corrected chi connectivity index (χ0v) is 20.8. The van der Waals surface area contributed by atoms with Crippen LogP contribution in [0.3, 0.4) is 0 Å². The van der Waals surface area contributed by atoms with E-state index in [0.29, 0.717) is 0 Å². The van der Waals surface area contributed by atoms with Gasteiger partial charge in [0.15, 0.2) is 0 Å². The fourth-order valence-corrected chi connectivity index (χ4v) is 4.38. The third-order valence-electron chi connectivity index (χ3n) is 6.20. The molecule has 5 heteroatoms. The first-order valence-corrected chi connectivity index (χ1v) is 12.5. The van der Waals surface area contributed by atoms with E-state index >= 15 is 0 Å². The van der Waals surface area contributed by atoms with Crippen molar-refractivity contribution in [2.24, 2.45) is 0 Å². The summed E-state index contributed by atoms with van der Waals surface area (Å²) in [6.45, 7) is 5.08. The molecule has 0 saturated carbocycles. The molecule has 0 amide bonds. The van der Waals surface area contributed by atoms with Crippen LogP contribution in [0.5, 0.6) is 5.75 Å². The average Bonchev–Trinajstić information content (AvgIpc) is 3.37. The van der Waals surface area contributed by atoms with Gasteiger partial charge in [-0.25, -0.2) is 4.79 Å². The number of carboxylic acids is 1. The van der Waals surface area contributed by atoms with Crippen LogP contribution in [0.2, 0.25) is 0 Å². The van der Waals surface area contributed by atoms with Gasteiger partial charge in [-0.3, -0.25) is 5.10 Å². The van der Waals surface area contributed by atoms with Gasteiger partial charge in [0.25, 0.3) is 0 Å². The normalized spacial score (nSPS) is 12.2. The van der Waals surface area contributed by atoms with Gasteiger partial charge in [-0.2, -0.15) is 5.10 Å². The second-order valence-corrected chi connectivity index (χ2v) is 8.76. The summed E-state index contributed by atoms with van der Waals surface area (Å²) < 4.78 is 6.05. The molecule has 2 N–H and O–H groups in total. The molecule has 0 bridgehead atoms. The van der Waals surface area contributed by atoms with E-state index < -0.39 is 5.97 Å². The molecule has 5 nitrogen and oxygen atoms in total. The fraction of sp³-hybridized carbons (Fsp3) is 0.226. The molecule has 1 heterocycles. The molecule has 0 radical (unpaired) electrons. The molecule has 4 rings (SSSR count). The standard InChI is InChI=1S/C31H32N2O3/c1-3-5-6-18-36-27-9-7-8-24(20-27)28(4-2)31(25-15-16-29-26(19-25)21-32-33-29)23-13-10-22(11-14-23)12-17-30(34)35/h7-17,19-21H,3-6,18H2,1-2H3,(H,32,33)(H,34,35)/b17-12+,31-28+. The minimum atomic E-state index is -0.960. The van der Waals surface area contributed by atoms with E-state index in [9.17, 15) is 4.79 Å². The molecule has 3 aromatic carbocycles. The molecule has 0 aliphatic rings. The predicted octanol–water partition coefficient (Wildman–Crippen LogP) is 7.60. The summed E-state index contributed by atoms with van der Waals surface area (Å²) in [6.07, 6.45) is 8.82. The molecule has 184 valence electrons. The van der Waals surface area contributed by atoms with Crippen LogP contribution >= 0.6 is 0 Å². The largest absolute Gasteiger partial charge is 0.494 e. The third kappa shape index (κ3) is 6.11. The number of carbonyl (C=O) groups is 1. The smallest absolute Gasteiger partial charge is 0.328 e. The molecule has 0 spiro atoms. The summed E-state index contributed by atoms with van der Waals surface area (Å²) in [5.41, 5.74) is 7.48. The number of unbranched alkanes of at least 4 members (excludes halogenated alkanes) is 2. The van der Waals surface area contributed by atoms with E-state index in [0.717, 1.165) is 76.4 Å². The second kappa shape index (κ2) is 12.0. The Morgan fingerprint density at radius 3 is 2.53 bits per heavy atom. The summed E-state index contributed by atoms with van der Waals surface area (Å²) in [7, 11) is 0. The number of carboxylic acid groups (broad SMARTS) is 1. The summed E-state index contributed by atoms with van der Waals surface area (Å²) in [4.78, 5) is 10.9. The number of nitrogens with one attached hydrogen (secondary N) is 1. The van der Waals surface area contributed by atoms with Gasteiger partial charge in [0.2, 0.25) is 0 Å². The van der Waals surface area contributed by atoms with Crippen molar-refractivity contribution in [3.8, 4) is 5.75 Å². The Labute approximate surface area is 212 Å². The number of fused-ring (bicyclic) bond motifs is 1. The predicted molar refractivity (Wildman–Crippen MR) is 147 cm³/mol. The number of ether oxygens (including phenoxy) is 1. The Hall–Kier alpha value is -4.12. The van der Waals surface area contributed by atoms with E-state index in [1.807, 2.05) is 24.4 Å². The zero-order chi connectivity index (χ0) is 25.3. The number of aromatic nitrogens is 2. The fourth-order valence-electron chi connectivity index (χ4n) is 4.38. The lowest BCUT2D eigenvalue weighted by molar-refractivity contribution is -0.131. The molecule has 0 aliphatic carbocycles. The topological polar surface area (TPSA) is 75.2 Å². The minimum Gasteiger partial charge on any atom is -0.494 e. The highest BCUT2D eigenvalue weighted by atomic mass is 16.5. The lowest BCUT2D eigenvalue weighted by Crippen LogP contribution is -1.99. The molecular weight excluding hydrogens is 448 g/mol. The first kappa shape index (κ1) is 25.0. The molecule has 0 saturated heterocycles. The molecule has 1 aromatic heterocycles.